The van der Waals surface area contributed by atoms with Crippen LogP contribution >= 0.6 is 11.3 Å². The Balaban J connectivity index is 2.04. The Labute approximate surface area is 145 Å². The van der Waals surface area contributed by atoms with Crippen molar-refractivity contribution in [1.29, 1.82) is 0 Å². The molecule has 0 saturated heterocycles. The van der Waals surface area contributed by atoms with Gasteiger partial charge in [-0.15, -0.1) is 11.3 Å². The maximum absolute atomic E-state index is 11.7. The zero-order valence-electron chi connectivity index (χ0n) is 14.3. The van der Waals surface area contributed by atoms with E-state index in [1.807, 2.05) is 0 Å². The first-order chi connectivity index (χ1) is 11.2. The van der Waals surface area contributed by atoms with Gasteiger partial charge in [-0.05, 0) is 33.1 Å². The maximum Gasteiger partial charge on any atom is 0.413 e. The van der Waals surface area contributed by atoms with Crippen molar-refractivity contribution in [3.8, 4) is 0 Å². The number of anilines is 1. The molecule has 2 N–H and O–H groups in total. The van der Waals surface area contributed by atoms with Gasteiger partial charge in [0, 0.05) is 5.38 Å². The molecule has 1 saturated carbocycles. The number of rotatable bonds is 5. The number of nitrogens with zero attached hydrogens (tertiary/aromatic N) is 1. The van der Waals surface area contributed by atoms with E-state index in [1.54, 1.807) is 32.2 Å². The summed E-state index contributed by atoms with van der Waals surface area (Å²) in [7, 11) is 0. The van der Waals surface area contributed by atoms with Gasteiger partial charge < -0.3 is 9.84 Å². The van der Waals surface area contributed by atoms with Gasteiger partial charge in [-0.2, -0.15) is 0 Å². The van der Waals surface area contributed by atoms with Crippen LogP contribution < -0.4 is 5.32 Å². The topological polar surface area (TPSA) is 88.5 Å². The van der Waals surface area contributed by atoms with Crippen LogP contribution in [0.2, 0.25) is 0 Å². The Bertz CT molecular complexity index is 625. The second-order valence-corrected chi connectivity index (χ2v) is 7.83. The highest BCUT2D eigenvalue weighted by Gasteiger charge is 2.20. The lowest BCUT2D eigenvalue weighted by Gasteiger charge is -2.18. The van der Waals surface area contributed by atoms with E-state index in [4.69, 9.17) is 4.74 Å². The van der Waals surface area contributed by atoms with Crippen LogP contribution in [0.4, 0.5) is 9.93 Å². The van der Waals surface area contributed by atoms with Gasteiger partial charge in [-0.25, -0.2) is 14.6 Å². The lowest BCUT2D eigenvalue weighted by Crippen LogP contribution is -2.27. The monoisotopic (exact) mass is 352 g/mol. The molecule has 1 aromatic heterocycles. The molecule has 0 unspecified atom stereocenters. The summed E-state index contributed by atoms with van der Waals surface area (Å²) < 4.78 is 5.16. The molecular formula is C17H24N2O4S. The minimum absolute atomic E-state index is 0.190. The zero-order valence-corrected chi connectivity index (χ0v) is 15.1. The normalized spacial score (nSPS) is 16.2. The van der Waals surface area contributed by atoms with Crippen LogP contribution in [0.25, 0.3) is 5.57 Å². The molecule has 1 fully saturated rings. The second kappa shape index (κ2) is 7.79. The number of amides is 1. The number of carboxylic acids is 1. The van der Waals surface area contributed by atoms with Crippen molar-refractivity contribution in [2.24, 2.45) is 5.92 Å². The van der Waals surface area contributed by atoms with E-state index in [-0.39, 0.29) is 5.57 Å². The maximum atomic E-state index is 11.7. The average molecular weight is 352 g/mol. The molecule has 1 heterocycles. The molecule has 1 amide bonds. The van der Waals surface area contributed by atoms with E-state index in [0.29, 0.717) is 16.7 Å². The third kappa shape index (κ3) is 5.63. The fraction of sp³-hybridized carbons (Fsp3) is 0.588. The Hall–Kier alpha value is -1.89. The van der Waals surface area contributed by atoms with Gasteiger partial charge in [0.1, 0.15) is 5.60 Å². The van der Waals surface area contributed by atoms with Crippen LogP contribution in [0.5, 0.6) is 0 Å². The molecule has 7 heteroatoms. The fourth-order valence-electron chi connectivity index (χ4n) is 2.68. The summed E-state index contributed by atoms with van der Waals surface area (Å²) in [5.74, 6) is -0.431. The molecule has 24 heavy (non-hydrogen) atoms. The van der Waals surface area contributed by atoms with E-state index < -0.39 is 17.7 Å². The first kappa shape index (κ1) is 18.4. The van der Waals surface area contributed by atoms with Gasteiger partial charge in [0.05, 0.1) is 11.3 Å². The van der Waals surface area contributed by atoms with Gasteiger partial charge in [0.2, 0.25) is 0 Å². The van der Waals surface area contributed by atoms with Gasteiger partial charge >= 0.3 is 12.1 Å². The number of hydrogen-bond donors (Lipinski definition) is 2. The van der Waals surface area contributed by atoms with E-state index in [1.165, 1.54) is 24.2 Å². The molecular weight excluding hydrogens is 328 g/mol. The Morgan fingerprint density at radius 1 is 1.42 bits per heavy atom. The Morgan fingerprint density at radius 3 is 2.67 bits per heavy atom. The summed E-state index contributed by atoms with van der Waals surface area (Å²) in [4.78, 5) is 27.5. The highest BCUT2D eigenvalue weighted by atomic mass is 32.1. The molecule has 0 aliphatic heterocycles. The SMILES string of the molecule is CC(C)(C)OC(=O)Nc1nc(/C(=C\CC2CCCC2)C(=O)O)cs1. The summed E-state index contributed by atoms with van der Waals surface area (Å²) in [5, 5.41) is 13.9. The van der Waals surface area contributed by atoms with Crippen molar-refractivity contribution in [2.45, 2.75) is 58.5 Å². The Morgan fingerprint density at radius 2 is 2.08 bits per heavy atom. The average Bonchev–Trinajstić information content (AvgIpc) is 3.08. The van der Waals surface area contributed by atoms with Crippen LogP contribution in [-0.2, 0) is 9.53 Å². The van der Waals surface area contributed by atoms with E-state index in [2.05, 4.69) is 10.3 Å². The van der Waals surface area contributed by atoms with Crippen molar-refractivity contribution in [3.63, 3.8) is 0 Å². The second-order valence-electron chi connectivity index (χ2n) is 6.97. The molecule has 0 aromatic carbocycles. The summed E-state index contributed by atoms with van der Waals surface area (Å²) in [6, 6.07) is 0. The van der Waals surface area contributed by atoms with Gasteiger partial charge in [-0.1, -0.05) is 31.8 Å². The number of hydrogen-bond acceptors (Lipinski definition) is 5. The first-order valence-electron chi connectivity index (χ1n) is 8.14. The number of carbonyl (C=O) groups excluding carboxylic acids is 1. The van der Waals surface area contributed by atoms with Crippen LogP contribution in [0.1, 0.15) is 58.6 Å². The third-order valence-corrected chi connectivity index (χ3v) is 4.51. The summed E-state index contributed by atoms with van der Waals surface area (Å²) >= 11 is 1.18. The smallest absolute Gasteiger partial charge is 0.413 e. The van der Waals surface area contributed by atoms with Crippen molar-refractivity contribution < 1.29 is 19.4 Å². The van der Waals surface area contributed by atoms with Crippen molar-refractivity contribution in [2.75, 3.05) is 5.32 Å². The third-order valence-electron chi connectivity index (χ3n) is 3.75. The van der Waals surface area contributed by atoms with Crippen LogP contribution in [0.15, 0.2) is 11.5 Å². The van der Waals surface area contributed by atoms with Crippen molar-refractivity contribution in [1.82, 2.24) is 4.98 Å². The highest BCUT2D eigenvalue weighted by molar-refractivity contribution is 7.14. The van der Waals surface area contributed by atoms with Gasteiger partial charge in [-0.3, -0.25) is 5.32 Å². The van der Waals surface area contributed by atoms with Gasteiger partial charge in [0.15, 0.2) is 5.13 Å². The minimum atomic E-state index is -0.998. The van der Waals surface area contributed by atoms with Crippen molar-refractivity contribution in [3.05, 3.63) is 17.2 Å². The number of aliphatic carboxylic acids is 1. The van der Waals surface area contributed by atoms with Crippen LogP contribution in [-0.4, -0.2) is 27.8 Å². The molecule has 132 valence electrons. The van der Waals surface area contributed by atoms with Gasteiger partial charge in [0.25, 0.3) is 0 Å². The Kier molecular flexibility index (Phi) is 5.99. The molecule has 2 rings (SSSR count). The minimum Gasteiger partial charge on any atom is -0.478 e. The number of carbonyl (C=O) groups is 2. The number of thiazole rings is 1. The predicted octanol–water partition coefficient (Wildman–Crippen LogP) is 4.54. The molecule has 0 atom stereocenters. The number of carboxylic acid groups (broad SMARTS) is 1. The van der Waals surface area contributed by atoms with E-state index in [9.17, 15) is 14.7 Å². The summed E-state index contributed by atoms with van der Waals surface area (Å²) in [6.45, 7) is 5.32. The van der Waals surface area contributed by atoms with Crippen LogP contribution in [0.3, 0.4) is 0 Å². The highest BCUT2D eigenvalue weighted by Crippen LogP contribution is 2.30. The standard InChI is InChI=1S/C17H24N2O4S/c1-17(2,3)23-16(22)19-15-18-13(10-24-15)12(14(20)21)9-8-11-6-4-5-7-11/h9-11H,4-8H2,1-3H3,(H,20,21)(H,18,19,22)/b12-9+. The fourth-order valence-corrected chi connectivity index (χ4v) is 3.37. The molecule has 1 aromatic rings. The van der Waals surface area contributed by atoms with E-state index in [0.717, 1.165) is 19.3 Å². The van der Waals surface area contributed by atoms with Crippen molar-refractivity contribution >= 4 is 34.1 Å². The quantitative estimate of drug-likeness (QED) is 0.760. The molecule has 1 aliphatic rings. The van der Waals surface area contributed by atoms with Crippen LogP contribution in [0, 0.1) is 5.92 Å². The molecule has 1 aliphatic carbocycles. The number of allylic oxidation sites excluding steroid dienone is 1. The van der Waals surface area contributed by atoms with E-state index >= 15 is 0 Å². The molecule has 0 radical (unpaired) electrons. The molecule has 0 spiro atoms. The molecule has 0 bridgehead atoms. The number of aromatic nitrogens is 1. The summed E-state index contributed by atoms with van der Waals surface area (Å²) in [5.41, 5.74) is -0.0376. The predicted molar refractivity (Wildman–Crippen MR) is 94.2 cm³/mol. The number of nitrogens with one attached hydrogen (secondary N) is 1. The lowest BCUT2D eigenvalue weighted by atomic mass is 10.0. The first-order valence-corrected chi connectivity index (χ1v) is 9.02. The number of ether oxygens (including phenoxy) is 1. The lowest BCUT2D eigenvalue weighted by molar-refractivity contribution is -0.130. The largest absolute Gasteiger partial charge is 0.478 e. The molecule has 6 nitrogen and oxygen atoms in total. The summed E-state index contributed by atoms with van der Waals surface area (Å²) in [6.07, 6.45) is 6.68. The zero-order chi connectivity index (χ0) is 17.7.